The number of hydrogen-bond acceptors (Lipinski definition) is 7. The van der Waals surface area contributed by atoms with Gasteiger partial charge in [0.15, 0.2) is 17.1 Å². The number of anilines is 2. The molecule has 2 aromatic heterocycles. The summed E-state index contributed by atoms with van der Waals surface area (Å²) in [7, 11) is 0. The van der Waals surface area contributed by atoms with Gasteiger partial charge in [0.05, 0.1) is 0 Å². The number of hydrogen-bond donors (Lipinski definition) is 5. The van der Waals surface area contributed by atoms with Crippen LogP contribution in [0.2, 0.25) is 0 Å². The van der Waals surface area contributed by atoms with Crippen molar-refractivity contribution in [2.24, 2.45) is 11.7 Å². The Hall–Kier alpha value is -2.13. The van der Waals surface area contributed by atoms with Crippen LogP contribution < -0.4 is 28.1 Å². The average Bonchev–Trinajstić information content (AvgIpc) is 2.45. The van der Waals surface area contributed by atoms with Gasteiger partial charge in [0, 0.05) is 0 Å². The Morgan fingerprint density at radius 3 is 2.57 bits per heavy atom. The molecule has 0 aromatic carbocycles. The molecule has 2 rings (SSSR count). The second-order valence-corrected chi connectivity index (χ2v) is 2.62. The van der Waals surface area contributed by atoms with E-state index in [2.05, 4.69) is 19.9 Å². The lowest BCUT2D eigenvalue weighted by Gasteiger charge is -2.07. The summed E-state index contributed by atoms with van der Waals surface area (Å²) in [4.78, 5) is 23.9. The molecule has 0 bridgehead atoms. The van der Waals surface area contributed by atoms with E-state index in [1.54, 1.807) is 0 Å². The van der Waals surface area contributed by atoms with Gasteiger partial charge >= 0.3 is 0 Å². The fraction of sp³-hybridized carbons (Fsp3) is 0. The Bertz CT molecular complexity index is 524. The van der Waals surface area contributed by atoms with Gasteiger partial charge in [0.2, 0.25) is 5.95 Å². The smallest absolute Gasteiger partial charge is 0.278 e. The van der Waals surface area contributed by atoms with E-state index in [-0.39, 0.29) is 23.1 Å². The molecule has 0 aliphatic carbocycles. The SMILES string of the molecule is Nc1nc2nc(N(N)N)[nH]c(=O)c2[nH]1. The van der Waals surface area contributed by atoms with Gasteiger partial charge in [-0.2, -0.15) is 9.97 Å². The minimum absolute atomic E-state index is 0.00833. The lowest BCUT2D eigenvalue weighted by atomic mass is 10.5. The Balaban J connectivity index is 2.78. The molecule has 14 heavy (non-hydrogen) atoms. The van der Waals surface area contributed by atoms with Crippen LogP contribution in [0.15, 0.2) is 4.79 Å². The van der Waals surface area contributed by atoms with E-state index in [1.807, 2.05) is 0 Å². The van der Waals surface area contributed by atoms with Crippen LogP contribution in [-0.2, 0) is 0 Å². The summed E-state index contributed by atoms with van der Waals surface area (Å²) in [5.74, 6) is 10.5. The van der Waals surface area contributed by atoms with Crippen molar-refractivity contribution in [1.29, 1.82) is 0 Å². The van der Waals surface area contributed by atoms with Crippen LogP contribution in [0.1, 0.15) is 0 Å². The van der Waals surface area contributed by atoms with Crippen molar-refractivity contribution in [3.8, 4) is 0 Å². The van der Waals surface area contributed by atoms with Gasteiger partial charge in [-0.25, -0.2) is 16.8 Å². The van der Waals surface area contributed by atoms with Crippen LogP contribution >= 0.6 is 0 Å². The van der Waals surface area contributed by atoms with Crippen LogP contribution in [0, 0.1) is 0 Å². The van der Waals surface area contributed by atoms with Gasteiger partial charge in [-0.3, -0.25) is 9.78 Å². The van der Waals surface area contributed by atoms with Gasteiger partial charge in [0.25, 0.3) is 5.56 Å². The summed E-state index contributed by atoms with van der Waals surface area (Å²) in [6, 6.07) is 0. The molecule has 74 valence electrons. The molecule has 0 atom stereocenters. The van der Waals surface area contributed by atoms with Crippen molar-refractivity contribution in [3.05, 3.63) is 10.4 Å². The van der Waals surface area contributed by atoms with Crippen LogP contribution in [-0.4, -0.2) is 19.9 Å². The molecule has 0 fully saturated rings. The Morgan fingerprint density at radius 1 is 1.21 bits per heavy atom. The van der Waals surface area contributed by atoms with E-state index in [0.29, 0.717) is 5.12 Å². The monoisotopic (exact) mass is 196 g/mol. The molecule has 9 heteroatoms. The maximum Gasteiger partial charge on any atom is 0.278 e. The first-order chi connectivity index (χ1) is 6.58. The summed E-state index contributed by atoms with van der Waals surface area (Å²) in [6.07, 6.45) is 0. The van der Waals surface area contributed by atoms with Crippen molar-refractivity contribution in [2.45, 2.75) is 0 Å². The summed E-state index contributed by atoms with van der Waals surface area (Å²) < 4.78 is 0. The second-order valence-electron chi connectivity index (χ2n) is 2.62. The van der Waals surface area contributed by atoms with Gasteiger partial charge in [0.1, 0.15) is 0 Å². The van der Waals surface area contributed by atoms with Gasteiger partial charge in [-0.05, 0) is 0 Å². The molecule has 0 spiro atoms. The van der Waals surface area contributed by atoms with Crippen molar-refractivity contribution in [2.75, 3.05) is 10.9 Å². The number of H-pyrrole nitrogens is 2. The second kappa shape index (κ2) is 2.68. The van der Waals surface area contributed by atoms with E-state index >= 15 is 0 Å². The highest BCUT2D eigenvalue weighted by molar-refractivity contribution is 5.72. The molecule has 8 N–H and O–H groups in total. The zero-order valence-corrected chi connectivity index (χ0v) is 6.98. The Kier molecular flexibility index (Phi) is 1.62. The number of rotatable bonds is 1. The van der Waals surface area contributed by atoms with Crippen LogP contribution in [0.3, 0.4) is 0 Å². The third-order valence-corrected chi connectivity index (χ3v) is 1.61. The predicted molar refractivity (Wildman–Crippen MR) is 49.8 cm³/mol. The summed E-state index contributed by atoms with van der Waals surface area (Å²) in [6.45, 7) is 0. The van der Waals surface area contributed by atoms with Crippen molar-refractivity contribution in [3.63, 3.8) is 0 Å². The number of nitrogen functional groups attached to an aromatic ring is 1. The standard InChI is InChI=1S/C5H8N8O/c6-4-9-1-2(10-4)11-5(13(7)8)12-3(1)14/h7-8H2,(H4,6,9,10,11,12,14). The minimum Gasteiger partial charge on any atom is -0.369 e. The molecular formula is C5H8N8O. The molecule has 0 unspecified atom stereocenters. The van der Waals surface area contributed by atoms with Gasteiger partial charge in [-0.15, -0.1) is 0 Å². The Labute approximate surface area is 76.9 Å². The first-order valence-electron chi connectivity index (χ1n) is 3.63. The maximum absolute atomic E-state index is 11.4. The topological polar surface area (TPSA) is 156 Å². The first kappa shape index (κ1) is 8.47. The predicted octanol–water partition coefficient (Wildman–Crippen LogP) is -2.22. The number of nitrogens with two attached hydrogens (primary N) is 3. The normalized spacial score (nSPS) is 10.7. The molecule has 2 aromatic rings. The molecule has 2 heterocycles. The van der Waals surface area contributed by atoms with E-state index in [4.69, 9.17) is 17.4 Å². The lowest BCUT2D eigenvalue weighted by molar-refractivity contribution is 0.861. The third-order valence-electron chi connectivity index (χ3n) is 1.61. The van der Waals surface area contributed by atoms with E-state index in [0.717, 1.165) is 0 Å². The Morgan fingerprint density at radius 2 is 1.93 bits per heavy atom. The molecule has 0 aliphatic heterocycles. The first-order valence-corrected chi connectivity index (χ1v) is 3.63. The quantitative estimate of drug-likeness (QED) is 0.255. The minimum atomic E-state index is -0.435. The molecule has 0 aliphatic rings. The number of nitrogens with one attached hydrogen (secondary N) is 2. The van der Waals surface area contributed by atoms with Crippen LogP contribution in [0.4, 0.5) is 11.9 Å². The summed E-state index contributed by atoms with van der Waals surface area (Å²) in [5.41, 5.74) is 5.27. The summed E-state index contributed by atoms with van der Waals surface area (Å²) in [5, 5.41) is 0.686. The zero-order valence-electron chi connectivity index (χ0n) is 6.98. The zero-order chi connectivity index (χ0) is 10.3. The average molecular weight is 196 g/mol. The number of aromatic nitrogens is 4. The lowest BCUT2D eigenvalue weighted by Crippen LogP contribution is -2.40. The number of hydrazine groups is 2. The molecule has 0 saturated carbocycles. The van der Waals surface area contributed by atoms with E-state index < -0.39 is 5.56 Å². The molecule has 9 nitrogen and oxygen atoms in total. The van der Waals surface area contributed by atoms with E-state index in [1.165, 1.54) is 0 Å². The molecule has 0 saturated heterocycles. The van der Waals surface area contributed by atoms with E-state index in [9.17, 15) is 4.79 Å². The molecule has 0 radical (unpaired) electrons. The highest BCUT2D eigenvalue weighted by Gasteiger charge is 2.09. The van der Waals surface area contributed by atoms with Crippen molar-refractivity contribution in [1.82, 2.24) is 19.9 Å². The van der Waals surface area contributed by atoms with Crippen molar-refractivity contribution < 1.29 is 0 Å². The fourth-order valence-corrected chi connectivity index (χ4v) is 1.04. The number of nitrogens with zero attached hydrogens (tertiary/aromatic N) is 3. The highest BCUT2D eigenvalue weighted by Crippen LogP contribution is 2.06. The largest absolute Gasteiger partial charge is 0.369 e. The molecular weight excluding hydrogens is 188 g/mol. The number of fused-ring (bicyclic) bond motifs is 1. The molecule has 0 amide bonds. The third kappa shape index (κ3) is 1.16. The number of imidazole rings is 1. The highest BCUT2D eigenvalue weighted by atomic mass is 16.1. The number of aromatic amines is 2. The van der Waals surface area contributed by atoms with Crippen LogP contribution in [0.5, 0.6) is 0 Å². The van der Waals surface area contributed by atoms with Crippen molar-refractivity contribution >= 4 is 23.1 Å². The van der Waals surface area contributed by atoms with Gasteiger partial charge in [-0.1, -0.05) is 0 Å². The van der Waals surface area contributed by atoms with Crippen LogP contribution in [0.25, 0.3) is 11.2 Å². The summed E-state index contributed by atoms with van der Waals surface area (Å²) >= 11 is 0. The van der Waals surface area contributed by atoms with Gasteiger partial charge < -0.3 is 10.7 Å². The maximum atomic E-state index is 11.4. The fourth-order valence-electron chi connectivity index (χ4n) is 1.04.